The van der Waals surface area contributed by atoms with Gasteiger partial charge < -0.3 is 0 Å². The van der Waals surface area contributed by atoms with Gasteiger partial charge in [-0.05, 0) is 30.0 Å². The molecule has 1 aromatic rings. The third-order valence-electron chi connectivity index (χ3n) is 2.87. The first kappa shape index (κ1) is 13.2. The molecule has 0 heterocycles. The zero-order valence-corrected chi connectivity index (χ0v) is 11.0. The van der Waals surface area contributed by atoms with Crippen molar-refractivity contribution in [2.45, 2.75) is 43.9 Å². The van der Waals surface area contributed by atoms with E-state index in [4.69, 9.17) is 0 Å². The van der Waals surface area contributed by atoms with Crippen LogP contribution >= 0.6 is 0 Å². The number of benzene rings is 1. The van der Waals surface area contributed by atoms with E-state index in [1.165, 1.54) is 24.7 Å². The fourth-order valence-electron chi connectivity index (χ4n) is 1.72. The molecule has 0 saturated heterocycles. The first-order chi connectivity index (χ1) is 7.45. The van der Waals surface area contributed by atoms with Gasteiger partial charge in [0.15, 0.2) is 9.84 Å². The molecule has 0 radical (unpaired) electrons. The standard InChI is InChI=1S/C13H20O2S/c1-4-5-6-11(2)12-7-9-13(10-8-12)16(3,14)15/h7-11H,4-6H2,1-3H3. The van der Waals surface area contributed by atoms with Crippen LogP contribution in [-0.4, -0.2) is 14.7 Å². The Morgan fingerprint density at radius 1 is 1.19 bits per heavy atom. The molecule has 16 heavy (non-hydrogen) atoms. The molecule has 0 aliphatic carbocycles. The Hall–Kier alpha value is -0.830. The van der Waals surface area contributed by atoms with Crippen molar-refractivity contribution < 1.29 is 8.42 Å². The second kappa shape index (κ2) is 5.48. The minimum atomic E-state index is -3.06. The molecule has 1 unspecified atom stereocenters. The van der Waals surface area contributed by atoms with Gasteiger partial charge in [0.25, 0.3) is 0 Å². The molecule has 1 aromatic carbocycles. The summed E-state index contributed by atoms with van der Waals surface area (Å²) in [6.45, 7) is 4.37. The quantitative estimate of drug-likeness (QED) is 0.790. The van der Waals surface area contributed by atoms with Crippen LogP contribution in [0.3, 0.4) is 0 Å². The molecule has 0 aliphatic rings. The first-order valence-electron chi connectivity index (χ1n) is 5.75. The normalized spacial score (nSPS) is 13.7. The van der Waals surface area contributed by atoms with Crippen LogP contribution in [0.2, 0.25) is 0 Å². The van der Waals surface area contributed by atoms with E-state index in [2.05, 4.69) is 13.8 Å². The van der Waals surface area contributed by atoms with E-state index in [-0.39, 0.29) is 0 Å². The van der Waals surface area contributed by atoms with E-state index in [0.717, 1.165) is 6.42 Å². The van der Waals surface area contributed by atoms with Crippen molar-refractivity contribution in [3.8, 4) is 0 Å². The number of rotatable bonds is 5. The lowest BCUT2D eigenvalue weighted by Gasteiger charge is -2.11. The summed E-state index contributed by atoms with van der Waals surface area (Å²) >= 11 is 0. The van der Waals surface area contributed by atoms with Gasteiger partial charge in [0, 0.05) is 6.26 Å². The molecule has 0 saturated carbocycles. The lowest BCUT2D eigenvalue weighted by Crippen LogP contribution is -1.98. The molecule has 0 bridgehead atoms. The van der Waals surface area contributed by atoms with Crippen LogP contribution in [0, 0.1) is 0 Å². The Bertz CT molecular complexity index is 418. The number of sulfone groups is 1. The van der Waals surface area contributed by atoms with Crippen LogP contribution in [0.15, 0.2) is 29.2 Å². The van der Waals surface area contributed by atoms with Crippen LogP contribution in [0.25, 0.3) is 0 Å². The number of unbranched alkanes of at least 4 members (excludes halogenated alkanes) is 1. The number of hydrogen-bond acceptors (Lipinski definition) is 2. The monoisotopic (exact) mass is 240 g/mol. The van der Waals surface area contributed by atoms with Gasteiger partial charge in [-0.1, -0.05) is 38.8 Å². The highest BCUT2D eigenvalue weighted by molar-refractivity contribution is 7.90. The highest BCUT2D eigenvalue weighted by Gasteiger charge is 2.09. The Labute approximate surface area is 98.6 Å². The molecular formula is C13H20O2S. The van der Waals surface area contributed by atoms with E-state index < -0.39 is 9.84 Å². The maximum Gasteiger partial charge on any atom is 0.175 e. The molecule has 90 valence electrons. The summed E-state index contributed by atoms with van der Waals surface area (Å²) in [6.07, 6.45) is 4.82. The lowest BCUT2D eigenvalue weighted by atomic mass is 9.96. The smallest absolute Gasteiger partial charge is 0.175 e. The fraction of sp³-hybridized carbons (Fsp3) is 0.538. The Kier molecular flexibility index (Phi) is 4.54. The minimum absolute atomic E-state index is 0.402. The summed E-state index contributed by atoms with van der Waals surface area (Å²) in [6, 6.07) is 7.26. The van der Waals surface area contributed by atoms with Gasteiger partial charge >= 0.3 is 0 Å². The largest absolute Gasteiger partial charge is 0.224 e. The molecule has 2 nitrogen and oxygen atoms in total. The van der Waals surface area contributed by atoms with Crippen molar-refractivity contribution in [2.24, 2.45) is 0 Å². The van der Waals surface area contributed by atoms with Gasteiger partial charge in [0.05, 0.1) is 4.90 Å². The predicted molar refractivity (Wildman–Crippen MR) is 67.5 cm³/mol. The first-order valence-corrected chi connectivity index (χ1v) is 7.64. The lowest BCUT2D eigenvalue weighted by molar-refractivity contribution is 0.601. The third kappa shape index (κ3) is 3.63. The molecule has 1 atom stereocenters. The molecule has 0 fully saturated rings. The van der Waals surface area contributed by atoms with Crippen molar-refractivity contribution in [3.63, 3.8) is 0 Å². The summed E-state index contributed by atoms with van der Waals surface area (Å²) in [4.78, 5) is 0.402. The van der Waals surface area contributed by atoms with Gasteiger partial charge in [0.1, 0.15) is 0 Å². The highest BCUT2D eigenvalue weighted by Crippen LogP contribution is 2.22. The second-order valence-corrected chi connectivity index (χ2v) is 6.40. The maximum atomic E-state index is 11.3. The summed E-state index contributed by atoms with van der Waals surface area (Å²) in [5.41, 5.74) is 1.22. The van der Waals surface area contributed by atoms with E-state index in [0.29, 0.717) is 10.8 Å². The van der Waals surface area contributed by atoms with Gasteiger partial charge in [0.2, 0.25) is 0 Å². The molecule has 0 amide bonds. The molecule has 0 aromatic heterocycles. The van der Waals surface area contributed by atoms with Crippen molar-refractivity contribution in [2.75, 3.05) is 6.26 Å². The Balaban J connectivity index is 2.79. The highest BCUT2D eigenvalue weighted by atomic mass is 32.2. The van der Waals surface area contributed by atoms with Crippen LogP contribution in [0.1, 0.15) is 44.6 Å². The van der Waals surface area contributed by atoms with Gasteiger partial charge in [-0.25, -0.2) is 8.42 Å². The Morgan fingerprint density at radius 2 is 1.75 bits per heavy atom. The summed E-state index contributed by atoms with van der Waals surface area (Å²) < 4.78 is 22.6. The average molecular weight is 240 g/mol. The van der Waals surface area contributed by atoms with Crippen molar-refractivity contribution >= 4 is 9.84 Å². The zero-order valence-electron chi connectivity index (χ0n) is 10.2. The van der Waals surface area contributed by atoms with E-state index >= 15 is 0 Å². The predicted octanol–water partition coefficient (Wildman–Crippen LogP) is 3.38. The summed E-state index contributed by atoms with van der Waals surface area (Å²) in [5, 5.41) is 0. The molecule has 1 rings (SSSR count). The summed E-state index contributed by atoms with van der Waals surface area (Å²) in [5.74, 6) is 0.508. The third-order valence-corrected chi connectivity index (χ3v) is 4.00. The van der Waals surface area contributed by atoms with Crippen LogP contribution in [0.4, 0.5) is 0 Å². The summed E-state index contributed by atoms with van der Waals surface area (Å²) in [7, 11) is -3.06. The maximum absolute atomic E-state index is 11.3. The van der Waals surface area contributed by atoms with E-state index in [9.17, 15) is 8.42 Å². The van der Waals surface area contributed by atoms with Gasteiger partial charge in [-0.2, -0.15) is 0 Å². The van der Waals surface area contributed by atoms with Crippen molar-refractivity contribution in [1.29, 1.82) is 0 Å². The molecule has 3 heteroatoms. The Morgan fingerprint density at radius 3 is 2.19 bits per heavy atom. The number of hydrogen-bond donors (Lipinski definition) is 0. The van der Waals surface area contributed by atoms with Crippen LogP contribution in [0.5, 0.6) is 0 Å². The molecule has 0 spiro atoms. The zero-order chi connectivity index (χ0) is 12.2. The minimum Gasteiger partial charge on any atom is -0.224 e. The SMILES string of the molecule is CCCCC(C)c1ccc(S(C)(=O)=O)cc1. The van der Waals surface area contributed by atoms with Gasteiger partial charge in [-0.15, -0.1) is 0 Å². The molecular weight excluding hydrogens is 220 g/mol. The second-order valence-electron chi connectivity index (χ2n) is 4.38. The van der Waals surface area contributed by atoms with Crippen LogP contribution < -0.4 is 0 Å². The van der Waals surface area contributed by atoms with Crippen molar-refractivity contribution in [3.05, 3.63) is 29.8 Å². The fourth-order valence-corrected chi connectivity index (χ4v) is 2.35. The van der Waals surface area contributed by atoms with E-state index in [1.807, 2.05) is 12.1 Å². The van der Waals surface area contributed by atoms with E-state index in [1.54, 1.807) is 12.1 Å². The molecule has 0 aliphatic heterocycles. The van der Waals surface area contributed by atoms with Crippen molar-refractivity contribution in [1.82, 2.24) is 0 Å². The van der Waals surface area contributed by atoms with Crippen LogP contribution in [-0.2, 0) is 9.84 Å². The molecule has 0 N–H and O–H groups in total. The average Bonchev–Trinajstić information content (AvgIpc) is 2.25. The van der Waals surface area contributed by atoms with Gasteiger partial charge in [-0.3, -0.25) is 0 Å². The topological polar surface area (TPSA) is 34.1 Å².